The zero-order chi connectivity index (χ0) is 21.9. The molecule has 0 bridgehead atoms. The Kier molecular flexibility index (Phi) is 11.2. The van der Waals surface area contributed by atoms with E-state index in [1.165, 1.54) is 4.88 Å². The summed E-state index contributed by atoms with van der Waals surface area (Å²) in [7, 11) is 1.75. The first-order valence-electron chi connectivity index (χ1n) is 10.4. The Bertz CT molecular complexity index is 979. The van der Waals surface area contributed by atoms with Gasteiger partial charge < -0.3 is 20.1 Å². The second-order valence-electron chi connectivity index (χ2n) is 6.74. The van der Waals surface area contributed by atoms with Gasteiger partial charge in [0.05, 0.1) is 13.2 Å². The highest BCUT2D eigenvalue weighted by molar-refractivity contribution is 14.0. The summed E-state index contributed by atoms with van der Waals surface area (Å²) in [5.74, 6) is 2.79. The predicted octanol–water partition coefficient (Wildman–Crippen LogP) is 5.16. The van der Waals surface area contributed by atoms with Crippen LogP contribution < -0.4 is 20.1 Å². The molecule has 1 aromatic carbocycles. The third-order valence-electron chi connectivity index (χ3n) is 4.39. The van der Waals surface area contributed by atoms with E-state index in [-0.39, 0.29) is 24.0 Å². The van der Waals surface area contributed by atoms with Crippen LogP contribution in [0.3, 0.4) is 0 Å². The van der Waals surface area contributed by atoms with Crippen LogP contribution >= 0.6 is 35.3 Å². The summed E-state index contributed by atoms with van der Waals surface area (Å²) in [5.41, 5.74) is 0.930. The molecule has 7 nitrogen and oxygen atoms in total. The maximum atomic E-state index is 6.00. The molecular formula is C23H30IN5O2S. The number of rotatable bonds is 10. The molecule has 3 rings (SSSR count). The monoisotopic (exact) mass is 567 g/mol. The third-order valence-corrected chi connectivity index (χ3v) is 5.53. The second-order valence-corrected chi connectivity index (χ2v) is 7.94. The molecule has 2 heterocycles. The maximum Gasteiger partial charge on any atom is 0.224 e. The van der Waals surface area contributed by atoms with E-state index < -0.39 is 0 Å². The SMILES string of the molecule is CCCOc1ccc(Oc2ncccc2CNC(=NC)NCc2ncc(CC)s2)cc1.I. The standard InChI is InChI=1S/C23H29N5O2S.HI/c1-4-13-29-18-8-10-19(11-9-18)30-22-17(7-6-12-25-22)14-27-23(24-3)28-16-21-26-15-20(5-2)31-21;/h6-12,15H,4-5,13-14,16H2,1-3H3,(H2,24,27,28);1H. The highest BCUT2D eigenvalue weighted by Gasteiger charge is 2.08. The van der Waals surface area contributed by atoms with E-state index >= 15 is 0 Å². The Labute approximate surface area is 210 Å². The lowest BCUT2D eigenvalue weighted by Crippen LogP contribution is -2.36. The molecule has 0 unspecified atom stereocenters. The second kappa shape index (κ2) is 13.9. The van der Waals surface area contributed by atoms with Gasteiger partial charge in [0.25, 0.3) is 0 Å². The molecule has 0 saturated carbocycles. The van der Waals surface area contributed by atoms with E-state index in [2.05, 4.69) is 39.4 Å². The largest absolute Gasteiger partial charge is 0.494 e. The number of ether oxygens (including phenoxy) is 2. The number of thiazole rings is 1. The van der Waals surface area contributed by atoms with Crippen LogP contribution in [0, 0.1) is 0 Å². The smallest absolute Gasteiger partial charge is 0.224 e. The lowest BCUT2D eigenvalue weighted by molar-refractivity contribution is 0.317. The van der Waals surface area contributed by atoms with Crippen LogP contribution in [0.2, 0.25) is 0 Å². The minimum atomic E-state index is 0. The van der Waals surface area contributed by atoms with Gasteiger partial charge in [0, 0.05) is 36.4 Å². The molecule has 0 aliphatic heterocycles. The zero-order valence-corrected chi connectivity index (χ0v) is 21.8. The van der Waals surface area contributed by atoms with Crippen molar-refractivity contribution < 1.29 is 9.47 Å². The number of pyridine rings is 1. The predicted molar refractivity (Wildman–Crippen MR) is 140 cm³/mol. The van der Waals surface area contributed by atoms with E-state index in [0.717, 1.165) is 29.2 Å². The summed E-state index contributed by atoms with van der Waals surface area (Å²) in [4.78, 5) is 14.4. The molecule has 9 heteroatoms. The third kappa shape index (κ3) is 7.94. The van der Waals surface area contributed by atoms with E-state index in [1.807, 2.05) is 42.6 Å². The summed E-state index contributed by atoms with van der Waals surface area (Å²) in [5, 5.41) is 7.65. The Morgan fingerprint density at radius 1 is 1.03 bits per heavy atom. The average molecular weight is 567 g/mol. The van der Waals surface area contributed by atoms with Gasteiger partial charge in [-0.3, -0.25) is 4.99 Å². The summed E-state index contributed by atoms with van der Waals surface area (Å²) in [6, 6.07) is 11.4. The van der Waals surface area contributed by atoms with Gasteiger partial charge in [-0.05, 0) is 43.2 Å². The Morgan fingerprint density at radius 3 is 2.47 bits per heavy atom. The van der Waals surface area contributed by atoms with Crippen LogP contribution in [0.25, 0.3) is 0 Å². The van der Waals surface area contributed by atoms with E-state index in [0.29, 0.717) is 37.3 Å². The van der Waals surface area contributed by atoms with Crippen molar-refractivity contribution in [1.29, 1.82) is 0 Å². The molecule has 0 fully saturated rings. The van der Waals surface area contributed by atoms with Crippen molar-refractivity contribution in [3.05, 3.63) is 64.2 Å². The van der Waals surface area contributed by atoms with Gasteiger partial charge in [0.2, 0.25) is 5.88 Å². The molecule has 0 atom stereocenters. The van der Waals surface area contributed by atoms with Crippen molar-refractivity contribution in [3.8, 4) is 17.4 Å². The lowest BCUT2D eigenvalue weighted by atomic mass is 10.2. The Morgan fingerprint density at radius 2 is 1.78 bits per heavy atom. The van der Waals surface area contributed by atoms with Gasteiger partial charge in [-0.25, -0.2) is 9.97 Å². The first-order valence-corrected chi connectivity index (χ1v) is 11.3. The summed E-state index contributed by atoms with van der Waals surface area (Å²) in [6.07, 6.45) is 5.63. The van der Waals surface area contributed by atoms with Crippen LogP contribution in [0.4, 0.5) is 0 Å². The van der Waals surface area contributed by atoms with Crippen LogP contribution in [0.1, 0.15) is 35.7 Å². The van der Waals surface area contributed by atoms with Crippen molar-refractivity contribution in [1.82, 2.24) is 20.6 Å². The van der Waals surface area contributed by atoms with Crippen LogP contribution in [0.15, 0.2) is 53.8 Å². The summed E-state index contributed by atoms with van der Waals surface area (Å²) < 4.78 is 11.6. The molecule has 32 heavy (non-hydrogen) atoms. The molecule has 0 aliphatic rings. The number of halogens is 1. The topological polar surface area (TPSA) is 80.7 Å². The summed E-state index contributed by atoms with van der Waals surface area (Å²) in [6.45, 7) is 6.08. The van der Waals surface area contributed by atoms with E-state index in [4.69, 9.17) is 9.47 Å². The molecule has 3 aromatic rings. The fourth-order valence-corrected chi connectivity index (χ4v) is 3.54. The Balaban J connectivity index is 0.00000363. The first kappa shape index (κ1) is 25.9. The van der Waals surface area contributed by atoms with Crippen LogP contribution in [-0.4, -0.2) is 29.6 Å². The number of aryl methyl sites for hydroxylation is 1. The minimum absolute atomic E-state index is 0. The molecular weight excluding hydrogens is 537 g/mol. The van der Waals surface area contributed by atoms with Gasteiger partial charge in [0.1, 0.15) is 16.5 Å². The number of hydrogen-bond donors (Lipinski definition) is 2. The molecule has 0 saturated heterocycles. The van der Waals surface area contributed by atoms with Crippen molar-refractivity contribution in [2.24, 2.45) is 4.99 Å². The molecule has 2 aromatic heterocycles. The van der Waals surface area contributed by atoms with Gasteiger partial charge >= 0.3 is 0 Å². The maximum absolute atomic E-state index is 6.00. The number of aliphatic imine (C=N–C) groups is 1. The van der Waals surface area contributed by atoms with Crippen molar-refractivity contribution in [2.45, 2.75) is 39.8 Å². The zero-order valence-electron chi connectivity index (χ0n) is 18.6. The quantitative estimate of drug-likeness (QED) is 0.200. The lowest BCUT2D eigenvalue weighted by Gasteiger charge is -2.14. The van der Waals surface area contributed by atoms with Gasteiger partial charge in [-0.2, -0.15) is 0 Å². The molecule has 0 amide bonds. The number of guanidine groups is 1. The molecule has 2 N–H and O–H groups in total. The number of aromatic nitrogens is 2. The fourth-order valence-electron chi connectivity index (χ4n) is 2.74. The fraction of sp³-hybridized carbons (Fsp3) is 0.348. The summed E-state index contributed by atoms with van der Waals surface area (Å²) >= 11 is 1.71. The number of nitrogens with zero attached hydrogens (tertiary/aromatic N) is 3. The van der Waals surface area contributed by atoms with Crippen molar-refractivity contribution in [2.75, 3.05) is 13.7 Å². The van der Waals surface area contributed by atoms with Gasteiger partial charge in [-0.15, -0.1) is 35.3 Å². The number of nitrogens with one attached hydrogen (secondary N) is 2. The molecule has 0 radical (unpaired) electrons. The van der Waals surface area contributed by atoms with Crippen LogP contribution in [0.5, 0.6) is 17.4 Å². The molecule has 0 aliphatic carbocycles. The molecule has 172 valence electrons. The van der Waals surface area contributed by atoms with Gasteiger partial charge in [-0.1, -0.05) is 19.9 Å². The highest BCUT2D eigenvalue weighted by atomic mass is 127. The minimum Gasteiger partial charge on any atom is -0.494 e. The average Bonchev–Trinajstić information content (AvgIpc) is 3.28. The van der Waals surface area contributed by atoms with Crippen molar-refractivity contribution in [3.63, 3.8) is 0 Å². The first-order chi connectivity index (χ1) is 15.2. The number of hydrogen-bond acceptors (Lipinski definition) is 6. The highest BCUT2D eigenvalue weighted by Crippen LogP contribution is 2.25. The molecule has 0 spiro atoms. The normalized spacial score (nSPS) is 10.9. The van der Waals surface area contributed by atoms with E-state index in [9.17, 15) is 0 Å². The van der Waals surface area contributed by atoms with E-state index in [1.54, 1.807) is 24.6 Å². The number of benzene rings is 1. The van der Waals surface area contributed by atoms with Crippen molar-refractivity contribution >= 4 is 41.3 Å². The van der Waals surface area contributed by atoms with Crippen LogP contribution in [-0.2, 0) is 19.5 Å². The van der Waals surface area contributed by atoms with Gasteiger partial charge in [0.15, 0.2) is 5.96 Å². The Hall–Kier alpha value is -2.40.